The van der Waals surface area contributed by atoms with Crippen LogP contribution >= 0.6 is 23.4 Å². The van der Waals surface area contributed by atoms with Crippen molar-refractivity contribution >= 4 is 35.0 Å². The van der Waals surface area contributed by atoms with Gasteiger partial charge in [0, 0.05) is 42.7 Å². The molecule has 0 spiro atoms. The fourth-order valence-corrected chi connectivity index (χ4v) is 3.28. The first-order valence-electron chi connectivity index (χ1n) is 7.51. The molecule has 0 radical (unpaired) electrons. The Bertz CT molecular complexity index is 672. The predicted molar refractivity (Wildman–Crippen MR) is 100 cm³/mol. The molecule has 128 valence electrons. The van der Waals surface area contributed by atoms with Crippen molar-refractivity contribution in [3.8, 4) is 0 Å². The van der Waals surface area contributed by atoms with Crippen molar-refractivity contribution in [1.29, 1.82) is 0 Å². The predicted octanol–water partition coefficient (Wildman–Crippen LogP) is 4.09. The largest absolute Gasteiger partial charge is 0.378 e. The van der Waals surface area contributed by atoms with Crippen LogP contribution < -0.4 is 10.2 Å². The molecule has 2 aromatic rings. The fourth-order valence-electron chi connectivity index (χ4n) is 2.08. The van der Waals surface area contributed by atoms with Gasteiger partial charge in [-0.1, -0.05) is 29.8 Å². The van der Waals surface area contributed by atoms with Crippen LogP contribution in [0.2, 0.25) is 5.02 Å². The number of anilines is 1. The molecule has 2 rings (SSSR count). The first-order valence-corrected chi connectivity index (χ1v) is 9.04. The third-order valence-electron chi connectivity index (χ3n) is 3.48. The number of nitrogens with one attached hydrogen (secondary N) is 1. The average molecular weight is 367 g/mol. The monoisotopic (exact) mass is 366 g/mol. The second-order valence-corrected chi connectivity index (χ2v) is 6.92. The van der Waals surface area contributed by atoms with Gasteiger partial charge in [0.05, 0.1) is 5.75 Å². The highest BCUT2D eigenvalue weighted by Crippen LogP contribution is 2.23. The lowest BCUT2D eigenvalue weighted by molar-refractivity contribution is -0.118. The number of hydrogen-bond acceptors (Lipinski definition) is 3. The van der Waals surface area contributed by atoms with Gasteiger partial charge in [-0.25, -0.2) is 4.39 Å². The highest BCUT2D eigenvalue weighted by molar-refractivity contribution is 7.99. The molecule has 0 aliphatic rings. The molecule has 0 saturated heterocycles. The van der Waals surface area contributed by atoms with E-state index in [-0.39, 0.29) is 17.5 Å². The molecule has 2 aromatic carbocycles. The fraction of sp³-hybridized carbons (Fsp3) is 0.278. The molecule has 3 nitrogen and oxygen atoms in total. The van der Waals surface area contributed by atoms with Gasteiger partial charge in [0.2, 0.25) is 5.91 Å². The summed E-state index contributed by atoms with van der Waals surface area (Å²) in [6.45, 7) is 0.480. The van der Waals surface area contributed by atoms with Crippen molar-refractivity contribution < 1.29 is 9.18 Å². The van der Waals surface area contributed by atoms with Crippen LogP contribution in [0.4, 0.5) is 10.1 Å². The smallest absolute Gasteiger partial charge is 0.230 e. The summed E-state index contributed by atoms with van der Waals surface area (Å²) in [6, 6.07) is 12.6. The van der Waals surface area contributed by atoms with Crippen molar-refractivity contribution in [1.82, 2.24) is 5.32 Å². The van der Waals surface area contributed by atoms with E-state index in [1.54, 1.807) is 12.1 Å². The minimum Gasteiger partial charge on any atom is -0.378 e. The van der Waals surface area contributed by atoms with Crippen molar-refractivity contribution in [2.24, 2.45) is 0 Å². The average Bonchev–Trinajstić information content (AvgIpc) is 2.56. The van der Waals surface area contributed by atoms with Crippen LogP contribution in [0.3, 0.4) is 0 Å². The number of amides is 1. The molecule has 0 aromatic heterocycles. The molecule has 0 heterocycles. The van der Waals surface area contributed by atoms with Crippen LogP contribution in [-0.2, 0) is 17.1 Å². The minimum atomic E-state index is -0.337. The second kappa shape index (κ2) is 8.94. The molecular formula is C18H20ClFN2OS. The normalized spacial score (nSPS) is 10.5. The van der Waals surface area contributed by atoms with Crippen LogP contribution in [0.15, 0.2) is 42.5 Å². The van der Waals surface area contributed by atoms with E-state index < -0.39 is 0 Å². The SMILES string of the molecule is CN(C)c1ccc(CNC(=O)CSCc2c(F)cccc2Cl)cc1. The van der Waals surface area contributed by atoms with Crippen LogP contribution in [0.25, 0.3) is 0 Å². The van der Waals surface area contributed by atoms with Gasteiger partial charge in [-0.15, -0.1) is 11.8 Å². The Labute approximate surface area is 151 Å². The molecule has 0 atom stereocenters. The van der Waals surface area contributed by atoms with Gasteiger partial charge >= 0.3 is 0 Å². The van der Waals surface area contributed by atoms with Gasteiger partial charge in [-0.2, -0.15) is 0 Å². The first-order chi connectivity index (χ1) is 11.5. The number of halogens is 2. The first kappa shape index (κ1) is 18.6. The molecule has 0 fully saturated rings. The zero-order chi connectivity index (χ0) is 17.5. The van der Waals surface area contributed by atoms with Crippen LogP contribution in [0, 0.1) is 5.82 Å². The van der Waals surface area contributed by atoms with E-state index in [1.807, 2.05) is 43.3 Å². The molecule has 1 N–H and O–H groups in total. The highest BCUT2D eigenvalue weighted by Gasteiger charge is 2.08. The number of carbonyl (C=O) groups excluding carboxylic acids is 1. The van der Waals surface area contributed by atoms with Crippen LogP contribution in [0.5, 0.6) is 0 Å². The lowest BCUT2D eigenvalue weighted by Gasteiger charge is -2.13. The maximum absolute atomic E-state index is 13.6. The summed E-state index contributed by atoms with van der Waals surface area (Å²) in [7, 11) is 3.96. The summed E-state index contributed by atoms with van der Waals surface area (Å²) < 4.78 is 13.6. The van der Waals surface area contributed by atoms with E-state index in [0.717, 1.165) is 11.3 Å². The lowest BCUT2D eigenvalue weighted by atomic mass is 10.2. The third-order valence-corrected chi connectivity index (χ3v) is 4.80. The topological polar surface area (TPSA) is 32.3 Å². The highest BCUT2D eigenvalue weighted by atomic mass is 35.5. The minimum absolute atomic E-state index is 0.0795. The summed E-state index contributed by atoms with van der Waals surface area (Å²) in [6.07, 6.45) is 0. The van der Waals surface area contributed by atoms with Crippen molar-refractivity contribution in [3.05, 3.63) is 64.4 Å². The zero-order valence-electron chi connectivity index (χ0n) is 13.7. The van der Waals surface area contributed by atoms with Gasteiger partial charge in [0.15, 0.2) is 0 Å². The summed E-state index contributed by atoms with van der Waals surface area (Å²) in [5, 5.41) is 3.26. The Morgan fingerprint density at radius 1 is 1.21 bits per heavy atom. The lowest BCUT2D eigenvalue weighted by Crippen LogP contribution is -2.24. The molecule has 1 amide bonds. The molecule has 0 aliphatic heterocycles. The number of nitrogens with zero attached hydrogens (tertiary/aromatic N) is 1. The number of rotatable bonds is 7. The number of carbonyl (C=O) groups is 1. The van der Waals surface area contributed by atoms with Gasteiger partial charge < -0.3 is 10.2 Å². The Kier molecular flexibility index (Phi) is 6.94. The molecule has 6 heteroatoms. The Morgan fingerprint density at radius 3 is 2.54 bits per heavy atom. The van der Waals surface area contributed by atoms with Gasteiger partial charge in [-0.3, -0.25) is 4.79 Å². The molecule has 0 aliphatic carbocycles. The Balaban J connectivity index is 1.75. The summed E-state index contributed by atoms with van der Waals surface area (Å²) in [5.41, 5.74) is 2.59. The maximum Gasteiger partial charge on any atom is 0.230 e. The number of benzene rings is 2. The van der Waals surface area contributed by atoms with Crippen molar-refractivity contribution in [3.63, 3.8) is 0 Å². The van der Waals surface area contributed by atoms with Crippen molar-refractivity contribution in [2.75, 3.05) is 24.7 Å². The van der Waals surface area contributed by atoms with Gasteiger partial charge in [0.1, 0.15) is 5.82 Å². The quantitative estimate of drug-likeness (QED) is 0.800. The standard InChI is InChI=1S/C18H20ClFN2OS/c1-22(2)14-8-6-13(7-9-14)10-21-18(23)12-24-11-15-16(19)4-3-5-17(15)20/h3-9H,10-12H2,1-2H3,(H,21,23). The molecule has 0 bridgehead atoms. The number of thioether (sulfide) groups is 1. The van der Waals surface area contributed by atoms with Gasteiger partial charge in [0.25, 0.3) is 0 Å². The van der Waals surface area contributed by atoms with E-state index in [1.165, 1.54) is 17.8 Å². The molecule has 0 saturated carbocycles. The van der Waals surface area contributed by atoms with Crippen LogP contribution in [0.1, 0.15) is 11.1 Å². The van der Waals surface area contributed by atoms with Crippen LogP contribution in [-0.4, -0.2) is 25.8 Å². The molecule has 24 heavy (non-hydrogen) atoms. The Hall–Kier alpha value is -1.72. The number of hydrogen-bond donors (Lipinski definition) is 1. The maximum atomic E-state index is 13.6. The zero-order valence-corrected chi connectivity index (χ0v) is 15.3. The molecular weight excluding hydrogens is 347 g/mol. The second-order valence-electron chi connectivity index (χ2n) is 5.53. The van der Waals surface area contributed by atoms with E-state index >= 15 is 0 Å². The van der Waals surface area contributed by atoms with E-state index in [0.29, 0.717) is 22.9 Å². The van der Waals surface area contributed by atoms with E-state index in [4.69, 9.17) is 11.6 Å². The summed E-state index contributed by atoms with van der Waals surface area (Å²) >= 11 is 7.30. The van der Waals surface area contributed by atoms with Gasteiger partial charge in [-0.05, 0) is 29.8 Å². The summed E-state index contributed by atoms with van der Waals surface area (Å²) in [5.74, 6) is 0.220. The van der Waals surface area contributed by atoms with E-state index in [9.17, 15) is 9.18 Å². The third kappa shape index (κ3) is 5.42. The van der Waals surface area contributed by atoms with E-state index in [2.05, 4.69) is 5.32 Å². The van der Waals surface area contributed by atoms with Crippen molar-refractivity contribution in [2.45, 2.75) is 12.3 Å². The summed E-state index contributed by atoms with van der Waals surface area (Å²) in [4.78, 5) is 13.9. The molecule has 0 unspecified atom stereocenters. The Morgan fingerprint density at radius 2 is 1.92 bits per heavy atom.